The van der Waals surface area contributed by atoms with E-state index in [1.807, 2.05) is 0 Å². The molecule has 0 aromatic heterocycles. The van der Waals surface area contributed by atoms with Crippen molar-refractivity contribution in [3.63, 3.8) is 0 Å². The van der Waals surface area contributed by atoms with Gasteiger partial charge in [-0.3, -0.25) is 14.4 Å². The molecule has 4 unspecified atom stereocenters. The highest BCUT2D eigenvalue weighted by atomic mass is 32.2. The van der Waals surface area contributed by atoms with E-state index in [2.05, 4.69) is 0 Å². The van der Waals surface area contributed by atoms with Crippen LogP contribution in [-0.2, 0) is 9.59 Å². The highest BCUT2D eigenvalue weighted by Gasteiger charge is 2.62. The molecule has 0 spiro atoms. The van der Waals surface area contributed by atoms with E-state index in [1.54, 1.807) is 0 Å². The van der Waals surface area contributed by atoms with Crippen LogP contribution in [-0.4, -0.2) is 61.9 Å². The molecule has 0 saturated carbocycles. The van der Waals surface area contributed by atoms with E-state index in [9.17, 15) is 34.8 Å². The Balaban J connectivity index is 1.95. The molecule has 8 N–H and O–H groups in total. The predicted molar refractivity (Wildman–Crippen MR) is 105 cm³/mol. The second-order valence-corrected chi connectivity index (χ2v) is 8.66. The van der Waals surface area contributed by atoms with Gasteiger partial charge in [-0.15, -0.1) is 0 Å². The van der Waals surface area contributed by atoms with Gasteiger partial charge in [0, 0.05) is 11.2 Å². The van der Waals surface area contributed by atoms with Crippen LogP contribution in [0, 0.1) is 5.92 Å². The Hall–Kier alpha value is -3.02. The maximum Gasteiger partial charge on any atom is 0.255 e. The number of thiol groups is 1. The van der Waals surface area contributed by atoms with Crippen molar-refractivity contribution < 1.29 is 39.5 Å². The third kappa shape index (κ3) is 2.36. The fourth-order valence-electron chi connectivity index (χ4n) is 4.40. The molecule has 1 aromatic rings. The summed E-state index contributed by atoms with van der Waals surface area (Å²) in [5.41, 5.74) is 7.13. The van der Waals surface area contributed by atoms with Crippen molar-refractivity contribution in [1.29, 1.82) is 0 Å². The fraction of sp³-hybridized carbons (Fsp3) is 0.316. The number of carbonyl (C=O) groups is 3. The lowest BCUT2D eigenvalue weighted by Gasteiger charge is -2.47. The first-order chi connectivity index (χ1) is 14.0. The second-order valence-electron chi connectivity index (χ2n) is 7.33. The average molecular weight is 435 g/mol. The number of ketones is 2. The lowest BCUT2D eigenvalue weighted by molar-refractivity contribution is -0.144. The molecule has 1 aromatic carbocycles. The number of aliphatic hydroxyl groups is 3. The number of rotatable bonds is 2. The van der Waals surface area contributed by atoms with Gasteiger partial charge in [-0.05, 0) is 18.6 Å². The van der Waals surface area contributed by atoms with Gasteiger partial charge in [0.05, 0.1) is 29.2 Å². The summed E-state index contributed by atoms with van der Waals surface area (Å²) in [6, 6.07) is 1.37. The summed E-state index contributed by atoms with van der Waals surface area (Å²) in [6.45, 7) is 0. The number of nitrogens with two attached hydrogens (primary N) is 2. The standard InChI is InChI=1S/C19H19N2O8S/c1-29-7-3-2-6(22)9-13(23)10-8(30-15(7)9)4-5-12(20)14(24)11(18(21)27)17(26)19(5,28)16(10)25/h2-3,5,8,12,22,24-25,28,30H,4,20H2,1H3,(H2,21,27). The highest BCUT2D eigenvalue weighted by Crippen LogP contribution is 2.55. The Labute approximate surface area is 173 Å². The smallest absolute Gasteiger partial charge is 0.255 e. The molecular weight excluding hydrogens is 416 g/mol. The Bertz CT molecular complexity index is 1090. The van der Waals surface area contributed by atoms with Crippen LogP contribution in [0.3, 0.4) is 0 Å². The van der Waals surface area contributed by atoms with Gasteiger partial charge in [0.15, 0.2) is 11.4 Å². The van der Waals surface area contributed by atoms with Crippen LogP contribution in [0.25, 0.3) is 0 Å². The number of phenolic OH excluding ortho intramolecular Hbond substituents is 1. The highest BCUT2D eigenvalue weighted by molar-refractivity contribution is 8.00. The minimum absolute atomic E-state index is 0.0650. The molecule has 4 rings (SSSR count). The molecule has 1 radical (unpaired) electrons. The Morgan fingerprint density at radius 3 is 2.53 bits per heavy atom. The summed E-state index contributed by atoms with van der Waals surface area (Å²) in [4.78, 5) is 38.1. The number of hydrogen-bond acceptors (Lipinski definition) is 9. The maximum absolute atomic E-state index is 13.2. The number of aliphatic hydroxyl groups excluding tert-OH is 2. The zero-order valence-corrected chi connectivity index (χ0v) is 16.5. The number of fused-ring (bicyclic) bond motifs is 3. The molecule has 10 nitrogen and oxygen atoms in total. The zero-order valence-electron chi connectivity index (χ0n) is 15.6. The van der Waals surface area contributed by atoms with Crippen molar-refractivity contribution in [3.05, 3.63) is 40.4 Å². The molecular formula is C19H19N2O8S. The molecule has 0 fully saturated rings. The van der Waals surface area contributed by atoms with E-state index >= 15 is 0 Å². The number of phenols is 1. The first kappa shape index (κ1) is 20.3. The van der Waals surface area contributed by atoms with Crippen LogP contribution in [0.1, 0.15) is 16.8 Å². The molecule has 0 saturated heterocycles. The molecule has 30 heavy (non-hydrogen) atoms. The molecule has 0 bridgehead atoms. The van der Waals surface area contributed by atoms with Crippen LogP contribution in [0.4, 0.5) is 0 Å². The largest absolute Gasteiger partial charge is 0.510 e. The van der Waals surface area contributed by atoms with Crippen molar-refractivity contribution in [2.24, 2.45) is 17.4 Å². The molecule has 11 heteroatoms. The molecule has 1 aliphatic heterocycles. The monoisotopic (exact) mass is 435 g/mol. The van der Waals surface area contributed by atoms with Gasteiger partial charge in [-0.1, -0.05) is 0 Å². The predicted octanol–water partition coefficient (Wildman–Crippen LogP) is -0.439. The van der Waals surface area contributed by atoms with Crippen LogP contribution < -0.4 is 16.2 Å². The zero-order chi connectivity index (χ0) is 22.1. The first-order valence-electron chi connectivity index (χ1n) is 8.90. The maximum atomic E-state index is 13.2. The third-order valence-electron chi connectivity index (χ3n) is 5.88. The normalized spacial score (nSPS) is 30.6. The number of benzene rings is 1. The molecule has 1 amide bonds. The van der Waals surface area contributed by atoms with Gasteiger partial charge in [-0.25, -0.2) is 0 Å². The number of Topliss-reactive ketones (excluding diaryl/α,β-unsaturated/α-hetero) is 2. The van der Waals surface area contributed by atoms with E-state index in [0.717, 1.165) is 0 Å². The average Bonchev–Trinajstić information content (AvgIpc) is 2.68. The number of primary amides is 1. The number of carbonyl (C=O) groups excluding carboxylic acids is 3. The van der Waals surface area contributed by atoms with Crippen molar-refractivity contribution in [3.8, 4) is 11.5 Å². The third-order valence-corrected chi connectivity index (χ3v) is 7.37. The van der Waals surface area contributed by atoms with E-state index in [-0.39, 0.29) is 23.3 Å². The van der Waals surface area contributed by atoms with E-state index in [0.29, 0.717) is 22.4 Å². The summed E-state index contributed by atoms with van der Waals surface area (Å²) < 4.78 is 5.27. The fourth-order valence-corrected chi connectivity index (χ4v) is 6.05. The molecule has 159 valence electrons. The lowest BCUT2D eigenvalue weighted by atomic mass is 9.63. The van der Waals surface area contributed by atoms with Crippen LogP contribution >= 0.6 is 11.8 Å². The number of methoxy groups -OCH3 is 1. The summed E-state index contributed by atoms with van der Waals surface area (Å²) in [6.07, 6.45) is -0.0650. The lowest BCUT2D eigenvalue weighted by Crippen LogP contribution is -2.63. The van der Waals surface area contributed by atoms with Crippen LogP contribution in [0.5, 0.6) is 11.5 Å². The number of amides is 1. The van der Waals surface area contributed by atoms with Gasteiger partial charge in [0.25, 0.3) is 5.91 Å². The number of ether oxygens (including phenoxy) is 1. The van der Waals surface area contributed by atoms with Crippen molar-refractivity contribution in [2.75, 3.05) is 7.11 Å². The van der Waals surface area contributed by atoms with Crippen LogP contribution in [0.15, 0.2) is 39.7 Å². The van der Waals surface area contributed by atoms with E-state index in [1.165, 1.54) is 19.2 Å². The van der Waals surface area contributed by atoms with Gasteiger partial charge in [-0.2, -0.15) is 11.8 Å². The first-order valence-corrected chi connectivity index (χ1v) is 9.86. The summed E-state index contributed by atoms with van der Waals surface area (Å²) >= 11 is 0.464. The minimum Gasteiger partial charge on any atom is -0.510 e. The molecule has 4 atom stereocenters. The Morgan fingerprint density at radius 1 is 1.27 bits per heavy atom. The number of aromatic hydroxyl groups is 1. The van der Waals surface area contributed by atoms with Crippen molar-refractivity contribution >= 4 is 29.2 Å². The minimum atomic E-state index is -2.71. The molecule has 1 heterocycles. The molecule has 3 aliphatic rings. The quantitative estimate of drug-likeness (QED) is 0.238. The Morgan fingerprint density at radius 2 is 1.93 bits per heavy atom. The van der Waals surface area contributed by atoms with Crippen molar-refractivity contribution in [2.45, 2.75) is 28.2 Å². The second kappa shape index (κ2) is 6.49. The summed E-state index contributed by atoms with van der Waals surface area (Å²) in [7, 11) is 1.40. The van der Waals surface area contributed by atoms with Gasteiger partial charge in [0.1, 0.15) is 28.6 Å². The van der Waals surface area contributed by atoms with Gasteiger partial charge >= 0.3 is 0 Å². The summed E-state index contributed by atoms with van der Waals surface area (Å²) in [5.74, 6) is -6.37. The van der Waals surface area contributed by atoms with Crippen LogP contribution in [0.2, 0.25) is 0 Å². The van der Waals surface area contributed by atoms with Crippen molar-refractivity contribution in [1.82, 2.24) is 0 Å². The van der Waals surface area contributed by atoms with Gasteiger partial charge in [0.2, 0.25) is 5.78 Å². The summed E-state index contributed by atoms with van der Waals surface area (Å²) in [5, 5.41) is 41.9. The SMILES string of the molecule is COc1ccc(O)c2c1[SH]C1CC3C(N)C(O)=C(C(N)=O)C(=O)C3(O)C(O)=C1C2=O. The van der Waals surface area contributed by atoms with E-state index in [4.69, 9.17) is 16.2 Å². The Kier molecular flexibility index (Phi) is 4.38. The topological polar surface area (TPSA) is 193 Å². The molecule has 2 aliphatic carbocycles. The van der Waals surface area contributed by atoms with E-state index < -0.39 is 57.4 Å². The van der Waals surface area contributed by atoms with Gasteiger partial charge < -0.3 is 36.6 Å². The number of hydrogen-bond donors (Lipinski definition) is 7.